The minimum Gasteiger partial charge on any atom is -0.485 e. The van der Waals surface area contributed by atoms with Crippen molar-refractivity contribution in [3.8, 4) is 5.75 Å². The molecule has 1 atom stereocenters. The van der Waals surface area contributed by atoms with Crippen LogP contribution in [0.3, 0.4) is 0 Å². The van der Waals surface area contributed by atoms with Gasteiger partial charge in [0.25, 0.3) is 5.56 Å². The number of fused-ring (bicyclic) bond motifs is 4. The number of benzene rings is 1. The summed E-state index contributed by atoms with van der Waals surface area (Å²) < 4.78 is 6.23. The predicted octanol–water partition coefficient (Wildman–Crippen LogP) is 3.19. The normalized spacial score (nSPS) is 18.2. The van der Waals surface area contributed by atoms with E-state index in [2.05, 4.69) is 40.9 Å². The van der Waals surface area contributed by atoms with Crippen molar-refractivity contribution in [2.24, 2.45) is 0 Å². The standard InChI is InChI=1S/C22H26N4O2S/c1-3-26-12-14(28-17-9-5-4-8-16(17)26)11-25(2)13-19-23-21(27)20-15-7-6-10-18(15)29-22(20)24-19/h4-5,8-9,14H,3,6-7,10-13H2,1-2H3,(H,23,24,27)/t14-/m0/s1. The molecule has 0 unspecified atom stereocenters. The first-order chi connectivity index (χ1) is 14.1. The van der Waals surface area contributed by atoms with Gasteiger partial charge in [-0.1, -0.05) is 12.1 Å². The number of aromatic amines is 1. The molecule has 1 N–H and O–H groups in total. The van der Waals surface area contributed by atoms with Gasteiger partial charge in [0.1, 0.15) is 22.5 Å². The SMILES string of the molecule is CCN1C[C@H](CN(C)Cc2nc3sc4c(c3c(=O)[nH]2)CCC4)Oc2ccccc21. The van der Waals surface area contributed by atoms with Gasteiger partial charge in [0.15, 0.2) is 0 Å². The maximum atomic E-state index is 12.7. The molecule has 5 rings (SSSR count). The summed E-state index contributed by atoms with van der Waals surface area (Å²) in [6, 6.07) is 8.21. The molecule has 152 valence electrons. The van der Waals surface area contributed by atoms with Crippen molar-refractivity contribution in [2.75, 3.05) is 31.6 Å². The van der Waals surface area contributed by atoms with Gasteiger partial charge in [-0.15, -0.1) is 11.3 Å². The summed E-state index contributed by atoms with van der Waals surface area (Å²) in [7, 11) is 2.05. The van der Waals surface area contributed by atoms with E-state index < -0.39 is 0 Å². The first-order valence-corrected chi connectivity index (χ1v) is 11.2. The monoisotopic (exact) mass is 410 g/mol. The number of ether oxygens (including phenoxy) is 1. The number of nitrogens with one attached hydrogen (secondary N) is 1. The molecule has 0 bridgehead atoms. The van der Waals surface area contributed by atoms with Crippen LogP contribution in [0.25, 0.3) is 10.2 Å². The molecule has 0 saturated carbocycles. The number of hydrogen-bond acceptors (Lipinski definition) is 6. The Morgan fingerprint density at radius 3 is 3.07 bits per heavy atom. The molecule has 2 aliphatic rings. The van der Waals surface area contributed by atoms with Crippen molar-refractivity contribution in [1.82, 2.24) is 14.9 Å². The fraction of sp³-hybridized carbons (Fsp3) is 0.455. The molecule has 0 radical (unpaired) electrons. The van der Waals surface area contributed by atoms with Crippen LogP contribution in [0.1, 0.15) is 29.6 Å². The molecule has 6 nitrogen and oxygen atoms in total. The largest absolute Gasteiger partial charge is 0.485 e. The van der Waals surface area contributed by atoms with E-state index in [4.69, 9.17) is 9.72 Å². The van der Waals surface area contributed by atoms with Crippen LogP contribution >= 0.6 is 11.3 Å². The third-order valence-electron chi connectivity index (χ3n) is 5.86. The lowest BCUT2D eigenvalue weighted by Gasteiger charge is -2.37. The van der Waals surface area contributed by atoms with Gasteiger partial charge >= 0.3 is 0 Å². The van der Waals surface area contributed by atoms with E-state index in [1.165, 1.54) is 10.4 Å². The Balaban J connectivity index is 1.31. The average Bonchev–Trinajstić information content (AvgIpc) is 3.28. The molecule has 0 fully saturated rings. The Morgan fingerprint density at radius 2 is 2.21 bits per heavy atom. The van der Waals surface area contributed by atoms with Crippen LogP contribution in [0, 0.1) is 0 Å². The zero-order chi connectivity index (χ0) is 20.0. The number of rotatable bonds is 5. The van der Waals surface area contributed by atoms with Crippen molar-refractivity contribution in [3.63, 3.8) is 0 Å². The summed E-state index contributed by atoms with van der Waals surface area (Å²) in [4.78, 5) is 27.2. The number of H-pyrrole nitrogens is 1. The topological polar surface area (TPSA) is 61.5 Å². The van der Waals surface area contributed by atoms with Crippen molar-refractivity contribution in [1.29, 1.82) is 0 Å². The number of aromatic nitrogens is 2. The highest BCUT2D eigenvalue weighted by Crippen LogP contribution is 2.35. The van der Waals surface area contributed by atoms with Gasteiger partial charge in [-0.25, -0.2) is 4.98 Å². The zero-order valence-corrected chi connectivity index (χ0v) is 17.7. The van der Waals surface area contributed by atoms with Crippen LogP contribution in [0.15, 0.2) is 29.1 Å². The third kappa shape index (κ3) is 3.42. The van der Waals surface area contributed by atoms with Gasteiger partial charge in [0.05, 0.1) is 24.2 Å². The highest BCUT2D eigenvalue weighted by atomic mass is 32.1. The Labute approximate surface area is 174 Å². The van der Waals surface area contributed by atoms with E-state index in [0.29, 0.717) is 6.54 Å². The maximum Gasteiger partial charge on any atom is 0.259 e. The van der Waals surface area contributed by atoms with Crippen molar-refractivity contribution in [2.45, 2.75) is 38.8 Å². The minimum atomic E-state index is 0.0119. The molecule has 3 aromatic rings. The number of likely N-dealkylation sites (N-methyl/N-ethyl adjacent to an activating group) is 2. The molecule has 0 spiro atoms. The van der Waals surface area contributed by atoms with Crippen LogP contribution in [-0.2, 0) is 19.4 Å². The second-order valence-corrected chi connectivity index (χ2v) is 9.08. The highest BCUT2D eigenvalue weighted by Gasteiger charge is 2.26. The lowest BCUT2D eigenvalue weighted by Crippen LogP contribution is -2.45. The van der Waals surface area contributed by atoms with Gasteiger partial charge in [-0.3, -0.25) is 9.69 Å². The molecule has 0 saturated heterocycles. The summed E-state index contributed by atoms with van der Waals surface area (Å²) in [6.07, 6.45) is 3.32. The fourth-order valence-corrected chi connectivity index (χ4v) is 5.84. The van der Waals surface area contributed by atoms with Crippen LogP contribution in [-0.4, -0.2) is 47.7 Å². The lowest BCUT2D eigenvalue weighted by molar-refractivity contribution is 0.138. The average molecular weight is 411 g/mol. The quantitative estimate of drug-likeness (QED) is 0.700. The summed E-state index contributed by atoms with van der Waals surface area (Å²) in [5.74, 6) is 1.67. The Kier molecular flexibility index (Phi) is 4.80. The van der Waals surface area contributed by atoms with Crippen LogP contribution in [0.5, 0.6) is 5.75 Å². The van der Waals surface area contributed by atoms with Crippen molar-refractivity contribution < 1.29 is 4.74 Å². The Bertz CT molecular complexity index is 1110. The number of aryl methyl sites for hydroxylation is 2. The van der Waals surface area contributed by atoms with Crippen LogP contribution in [0.4, 0.5) is 5.69 Å². The first kappa shape index (κ1) is 18.6. The third-order valence-corrected chi connectivity index (χ3v) is 7.05. The molecule has 1 aliphatic carbocycles. The van der Waals surface area contributed by atoms with E-state index in [9.17, 15) is 4.79 Å². The molecule has 2 aromatic heterocycles. The van der Waals surface area contributed by atoms with Gasteiger partial charge < -0.3 is 14.6 Å². The summed E-state index contributed by atoms with van der Waals surface area (Å²) >= 11 is 1.69. The number of hydrogen-bond donors (Lipinski definition) is 1. The summed E-state index contributed by atoms with van der Waals surface area (Å²) in [5, 5.41) is 0.819. The maximum absolute atomic E-state index is 12.7. The van der Waals surface area contributed by atoms with Gasteiger partial charge in [-0.05, 0) is 50.9 Å². The summed E-state index contributed by atoms with van der Waals surface area (Å²) in [5.41, 5.74) is 2.40. The van der Waals surface area contributed by atoms with Crippen molar-refractivity contribution >= 4 is 27.2 Å². The van der Waals surface area contributed by atoms with E-state index in [-0.39, 0.29) is 11.7 Å². The smallest absolute Gasteiger partial charge is 0.259 e. The predicted molar refractivity (Wildman–Crippen MR) is 117 cm³/mol. The summed E-state index contributed by atoms with van der Waals surface area (Å²) in [6.45, 7) is 5.35. The Hall–Kier alpha value is -2.38. The molecule has 29 heavy (non-hydrogen) atoms. The van der Waals surface area contributed by atoms with Gasteiger partial charge in [0.2, 0.25) is 0 Å². The van der Waals surface area contributed by atoms with Crippen LogP contribution < -0.4 is 15.2 Å². The Morgan fingerprint density at radius 1 is 1.34 bits per heavy atom. The van der Waals surface area contributed by atoms with E-state index in [1.54, 1.807) is 11.3 Å². The second kappa shape index (κ2) is 7.46. The van der Waals surface area contributed by atoms with Crippen molar-refractivity contribution in [3.05, 3.63) is 50.9 Å². The minimum absolute atomic E-state index is 0.0119. The second-order valence-electron chi connectivity index (χ2n) is 7.99. The first-order valence-electron chi connectivity index (χ1n) is 10.3. The van der Waals surface area contributed by atoms with E-state index >= 15 is 0 Å². The zero-order valence-electron chi connectivity index (χ0n) is 16.9. The van der Waals surface area contributed by atoms with Crippen LogP contribution in [0.2, 0.25) is 0 Å². The van der Waals surface area contributed by atoms with Gasteiger partial charge in [-0.2, -0.15) is 0 Å². The molecule has 3 heterocycles. The molecule has 7 heteroatoms. The number of thiophene rings is 1. The van der Waals surface area contributed by atoms with E-state index in [0.717, 1.165) is 66.4 Å². The molecular formula is C22H26N4O2S. The van der Waals surface area contributed by atoms with E-state index in [1.807, 2.05) is 12.1 Å². The molecule has 0 amide bonds. The molecule has 1 aromatic carbocycles. The molecular weight excluding hydrogens is 384 g/mol. The fourth-order valence-electron chi connectivity index (χ4n) is 4.56. The lowest BCUT2D eigenvalue weighted by atomic mass is 10.2. The molecule has 1 aliphatic heterocycles. The highest BCUT2D eigenvalue weighted by molar-refractivity contribution is 7.18. The van der Waals surface area contributed by atoms with Gasteiger partial charge in [0, 0.05) is 18.0 Å². The number of anilines is 1. The number of para-hydroxylation sites is 2. The number of nitrogens with zero attached hydrogens (tertiary/aromatic N) is 3.